The first kappa shape index (κ1) is 25.9. The molecule has 1 saturated heterocycles. The fourth-order valence-electron chi connectivity index (χ4n) is 4.05. The monoisotopic (exact) mass is 442 g/mol. The lowest BCUT2D eigenvalue weighted by Crippen LogP contribution is -2.40. The zero-order valence-corrected chi connectivity index (χ0v) is 18.6. The zero-order valence-electron chi connectivity index (χ0n) is 18.6. The van der Waals surface area contributed by atoms with Gasteiger partial charge in [-0.15, -0.1) is 0 Å². The molecule has 0 atom stereocenters. The van der Waals surface area contributed by atoms with Crippen LogP contribution in [0.15, 0.2) is 0 Å². The molecule has 0 aromatic carbocycles. The van der Waals surface area contributed by atoms with E-state index in [9.17, 15) is 14.4 Å². The lowest BCUT2D eigenvalue weighted by molar-refractivity contribution is -0.531. The van der Waals surface area contributed by atoms with Crippen LogP contribution in [-0.2, 0) is 33.9 Å². The zero-order chi connectivity index (χ0) is 22.4. The molecule has 0 unspecified atom stereocenters. The minimum atomic E-state index is -0.909. The van der Waals surface area contributed by atoms with E-state index in [0.717, 1.165) is 25.7 Å². The van der Waals surface area contributed by atoms with E-state index in [1.54, 1.807) is 0 Å². The first-order valence-electron chi connectivity index (χ1n) is 11.9. The van der Waals surface area contributed by atoms with Crippen LogP contribution >= 0.6 is 0 Å². The number of carboxylic acid groups (broad SMARTS) is 1. The first-order chi connectivity index (χ1) is 15.0. The van der Waals surface area contributed by atoms with Crippen molar-refractivity contribution < 1.29 is 39.0 Å². The summed E-state index contributed by atoms with van der Waals surface area (Å²) in [6.45, 7) is 0.312. The third-order valence-corrected chi connectivity index (χ3v) is 5.97. The number of aliphatic carboxylic acids is 1. The molecule has 2 fully saturated rings. The van der Waals surface area contributed by atoms with Gasteiger partial charge in [0.25, 0.3) is 0 Å². The molecule has 0 aromatic heterocycles. The van der Waals surface area contributed by atoms with Gasteiger partial charge in [0.2, 0.25) is 5.79 Å². The predicted molar refractivity (Wildman–Crippen MR) is 112 cm³/mol. The van der Waals surface area contributed by atoms with Gasteiger partial charge in [-0.25, -0.2) is 9.78 Å². The number of rotatable bonds is 8. The van der Waals surface area contributed by atoms with Crippen molar-refractivity contribution in [3.8, 4) is 0 Å². The Hall–Kier alpha value is -1.35. The van der Waals surface area contributed by atoms with Gasteiger partial charge in [-0.05, 0) is 25.7 Å². The van der Waals surface area contributed by atoms with Crippen molar-refractivity contribution >= 4 is 17.5 Å². The molecule has 31 heavy (non-hydrogen) atoms. The van der Waals surface area contributed by atoms with Gasteiger partial charge in [0.1, 0.15) is 0 Å². The van der Waals surface area contributed by atoms with E-state index in [-0.39, 0.29) is 38.4 Å². The molecule has 1 spiro atoms. The smallest absolute Gasteiger partial charge is 0.303 e. The summed E-state index contributed by atoms with van der Waals surface area (Å²) < 4.78 is 0. The number of carboxylic acids is 1. The highest BCUT2D eigenvalue weighted by atomic mass is 17.3. The number of carbonyl (C=O) groups excluding carboxylic acids is 2. The van der Waals surface area contributed by atoms with Crippen molar-refractivity contribution in [2.75, 3.05) is 13.2 Å². The normalized spacial score (nSPS) is 21.9. The van der Waals surface area contributed by atoms with Crippen LogP contribution in [0.25, 0.3) is 0 Å². The Labute approximate surface area is 184 Å². The molecule has 1 aliphatic heterocycles. The summed E-state index contributed by atoms with van der Waals surface area (Å²) in [6, 6.07) is 0. The highest BCUT2D eigenvalue weighted by Gasteiger charge is 2.37. The second-order valence-corrected chi connectivity index (χ2v) is 8.85. The number of unbranched alkanes of at least 4 members (excludes halogenated alkanes) is 1. The summed E-state index contributed by atoms with van der Waals surface area (Å²) in [5.41, 5.74) is 0. The molecule has 0 bridgehead atoms. The number of Topliss-reactive ketones (excluding diaryl/α,β-unsaturated/α-hetero) is 2. The molecule has 178 valence electrons. The van der Waals surface area contributed by atoms with Gasteiger partial charge < -0.3 is 5.11 Å². The summed E-state index contributed by atoms with van der Waals surface area (Å²) in [4.78, 5) is 57.0. The molecule has 2 rings (SSSR count). The quantitative estimate of drug-likeness (QED) is 0.328. The third-order valence-electron chi connectivity index (χ3n) is 5.97. The second kappa shape index (κ2) is 14.7. The largest absolute Gasteiger partial charge is 0.481 e. The number of hydrogen-bond acceptors (Lipinski definition) is 7. The molecule has 2 aliphatic rings. The van der Waals surface area contributed by atoms with Crippen LogP contribution in [0, 0.1) is 5.92 Å². The summed E-state index contributed by atoms with van der Waals surface area (Å²) in [5.74, 6) is -3.12. The minimum absolute atomic E-state index is 0.00219. The second-order valence-electron chi connectivity index (χ2n) is 8.85. The van der Waals surface area contributed by atoms with E-state index in [2.05, 4.69) is 0 Å². The fraction of sp³-hybridized carbons (Fsp3) is 0.870. The van der Waals surface area contributed by atoms with Crippen LogP contribution < -0.4 is 0 Å². The van der Waals surface area contributed by atoms with E-state index in [0.29, 0.717) is 25.7 Å². The van der Waals surface area contributed by atoms with Crippen molar-refractivity contribution in [1.82, 2.24) is 0 Å². The summed E-state index contributed by atoms with van der Waals surface area (Å²) in [7, 11) is 0. The molecule has 1 saturated carbocycles. The van der Waals surface area contributed by atoms with Crippen molar-refractivity contribution in [2.45, 2.75) is 109 Å². The van der Waals surface area contributed by atoms with Crippen LogP contribution in [0.3, 0.4) is 0 Å². The Bertz CT molecular complexity index is 538. The Balaban J connectivity index is 1.76. The molecule has 8 nitrogen and oxygen atoms in total. The molecular formula is C23H38O8. The highest BCUT2D eigenvalue weighted by molar-refractivity contribution is 6.37. The van der Waals surface area contributed by atoms with Crippen molar-refractivity contribution in [3.05, 3.63) is 0 Å². The maximum Gasteiger partial charge on any atom is 0.303 e. The minimum Gasteiger partial charge on any atom is -0.481 e. The van der Waals surface area contributed by atoms with Crippen molar-refractivity contribution in [3.63, 3.8) is 0 Å². The Morgan fingerprint density at radius 1 is 0.710 bits per heavy atom. The SMILES string of the molecule is O=C(O)CCCCC(=O)C(=O)CC1COOC2(CCCCCCCCCCC2)OOC1. The molecule has 0 radical (unpaired) electrons. The molecular weight excluding hydrogens is 404 g/mol. The van der Waals surface area contributed by atoms with Crippen LogP contribution in [0.5, 0.6) is 0 Å². The van der Waals surface area contributed by atoms with Gasteiger partial charge in [0.15, 0.2) is 11.6 Å². The van der Waals surface area contributed by atoms with Crippen molar-refractivity contribution in [2.24, 2.45) is 5.92 Å². The third kappa shape index (κ3) is 10.7. The lowest BCUT2D eigenvalue weighted by Gasteiger charge is -2.34. The number of carbonyl (C=O) groups is 3. The van der Waals surface area contributed by atoms with Crippen molar-refractivity contribution in [1.29, 1.82) is 0 Å². The molecule has 1 N–H and O–H groups in total. The highest BCUT2D eigenvalue weighted by Crippen LogP contribution is 2.32. The maximum atomic E-state index is 12.2. The molecule has 1 aliphatic carbocycles. The van der Waals surface area contributed by atoms with E-state index >= 15 is 0 Å². The van der Waals surface area contributed by atoms with Gasteiger partial charge in [-0.2, -0.15) is 9.78 Å². The molecule has 1 heterocycles. The van der Waals surface area contributed by atoms with Gasteiger partial charge in [-0.3, -0.25) is 14.4 Å². The van der Waals surface area contributed by atoms with E-state index in [1.807, 2.05) is 0 Å². The Morgan fingerprint density at radius 2 is 1.19 bits per heavy atom. The number of ketones is 2. The molecule has 0 aromatic rings. The van der Waals surface area contributed by atoms with E-state index in [1.165, 1.54) is 32.1 Å². The van der Waals surface area contributed by atoms with Crippen LogP contribution in [0.1, 0.15) is 103 Å². The maximum absolute atomic E-state index is 12.2. The van der Waals surface area contributed by atoms with E-state index < -0.39 is 23.3 Å². The van der Waals surface area contributed by atoms with Crippen LogP contribution in [-0.4, -0.2) is 41.6 Å². The van der Waals surface area contributed by atoms with Gasteiger partial charge in [-0.1, -0.05) is 44.9 Å². The standard InChI is InChI=1S/C23H38O8/c24-20(12-8-9-13-22(26)27)21(25)16-19-17-28-30-23(31-29-18-19)14-10-6-4-2-1-3-5-7-11-15-23/h19H,1-18H2,(H,26,27). The Morgan fingerprint density at radius 3 is 1.71 bits per heavy atom. The van der Waals surface area contributed by atoms with E-state index in [4.69, 9.17) is 24.7 Å². The fourth-order valence-corrected chi connectivity index (χ4v) is 4.05. The number of hydrogen-bond donors (Lipinski definition) is 1. The average Bonchev–Trinajstić information content (AvgIpc) is 2.71. The lowest BCUT2D eigenvalue weighted by atomic mass is 9.97. The molecule has 0 amide bonds. The van der Waals surface area contributed by atoms with Gasteiger partial charge >= 0.3 is 5.97 Å². The van der Waals surface area contributed by atoms with Gasteiger partial charge in [0.05, 0.1) is 13.2 Å². The van der Waals surface area contributed by atoms with Crippen LogP contribution in [0.4, 0.5) is 0 Å². The average molecular weight is 443 g/mol. The molecule has 8 heteroatoms. The predicted octanol–water partition coefficient (Wildman–Crippen LogP) is 4.69. The summed E-state index contributed by atoms with van der Waals surface area (Å²) >= 11 is 0. The van der Waals surface area contributed by atoms with Gasteiger partial charge in [0, 0.05) is 38.0 Å². The summed E-state index contributed by atoms with van der Waals surface area (Å²) in [6.07, 6.45) is 12.7. The Kier molecular flexibility index (Phi) is 12.3. The topological polar surface area (TPSA) is 108 Å². The first-order valence-corrected chi connectivity index (χ1v) is 11.9. The van der Waals surface area contributed by atoms with Crippen LogP contribution in [0.2, 0.25) is 0 Å². The summed E-state index contributed by atoms with van der Waals surface area (Å²) in [5, 5.41) is 8.62.